The van der Waals surface area contributed by atoms with Crippen molar-refractivity contribution in [3.8, 4) is 0 Å². The summed E-state index contributed by atoms with van der Waals surface area (Å²) in [6.45, 7) is 3.27. The van der Waals surface area contributed by atoms with Crippen molar-refractivity contribution in [2.24, 2.45) is 0 Å². The van der Waals surface area contributed by atoms with Crippen molar-refractivity contribution in [2.75, 3.05) is 24.5 Å². The van der Waals surface area contributed by atoms with Gasteiger partial charge in [-0.2, -0.15) is 0 Å². The van der Waals surface area contributed by atoms with Crippen LogP contribution >= 0.6 is 22.6 Å². The summed E-state index contributed by atoms with van der Waals surface area (Å²) in [4.78, 5) is 23.2. The minimum Gasteiger partial charge on any atom is -0.377 e. The fourth-order valence-electron chi connectivity index (χ4n) is 3.35. The Balaban J connectivity index is 1.74. The molecule has 0 spiro atoms. The van der Waals surface area contributed by atoms with Crippen LogP contribution in [-0.2, 0) is 14.8 Å². The number of benzene rings is 2. The van der Waals surface area contributed by atoms with Crippen LogP contribution in [0.15, 0.2) is 53.7 Å². The van der Waals surface area contributed by atoms with Crippen LogP contribution in [0.1, 0.15) is 17.3 Å². The second-order valence-corrected chi connectivity index (χ2v) is 9.79. The quantitative estimate of drug-likeness (QED) is 0.513. The fourth-order valence-corrected chi connectivity index (χ4v) is 5.08. The molecule has 156 valence electrons. The molecule has 10 heteroatoms. The highest BCUT2D eigenvalue weighted by molar-refractivity contribution is 14.1. The number of morpholine rings is 1. The first-order valence-corrected chi connectivity index (χ1v) is 11.8. The smallest absolute Gasteiger partial charge is 0.264 e. The Morgan fingerprint density at radius 1 is 1.23 bits per heavy atom. The molecule has 0 aliphatic carbocycles. The van der Waals surface area contributed by atoms with E-state index in [1.165, 1.54) is 18.5 Å². The largest absolute Gasteiger partial charge is 0.377 e. The lowest BCUT2D eigenvalue weighted by Gasteiger charge is -2.33. The summed E-state index contributed by atoms with van der Waals surface area (Å²) in [5.74, 6) is -0.238. The Hall–Kier alpha value is -2.31. The minimum absolute atomic E-state index is 0.00472. The van der Waals surface area contributed by atoms with Gasteiger partial charge in [0.15, 0.2) is 0 Å². The monoisotopic (exact) mass is 538 g/mol. The van der Waals surface area contributed by atoms with Crippen LogP contribution in [-0.4, -0.2) is 55.0 Å². The van der Waals surface area contributed by atoms with E-state index in [0.717, 1.165) is 3.57 Å². The number of amides is 1. The molecule has 4 rings (SSSR count). The van der Waals surface area contributed by atoms with Crippen LogP contribution in [0.3, 0.4) is 0 Å². The van der Waals surface area contributed by atoms with Gasteiger partial charge in [-0.1, -0.05) is 6.07 Å². The number of sulfonamides is 1. The van der Waals surface area contributed by atoms with Crippen LogP contribution in [0.4, 0.5) is 5.69 Å². The van der Waals surface area contributed by atoms with E-state index in [4.69, 9.17) is 4.74 Å². The maximum Gasteiger partial charge on any atom is 0.264 e. The van der Waals surface area contributed by atoms with E-state index in [1.807, 2.05) is 6.92 Å². The average molecular weight is 538 g/mol. The Bertz CT molecular complexity index is 1210. The minimum atomic E-state index is -4.01. The number of carbonyl (C=O) groups is 1. The normalized spacial score (nSPS) is 17.1. The number of ether oxygens (including phenoxy) is 1. The first-order chi connectivity index (χ1) is 14.4. The summed E-state index contributed by atoms with van der Waals surface area (Å²) in [5.41, 5.74) is 1.26. The van der Waals surface area contributed by atoms with E-state index in [0.29, 0.717) is 30.8 Å². The molecule has 0 bridgehead atoms. The summed E-state index contributed by atoms with van der Waals surface area (Å²) >= 11 is 2.08. The first kappa shape index (κ1) is 20.9. The third kappa shape index (κ3) is 4.12. The van der Waals surface area contributed by atoms with Gasteiger partial charge < -0.3 is 9.64 Å². The van der Waals surface area contributed by atoms with E-state index >= 15 is 0 Å². The predicted octanol–water partition coefficient (Wildman–Crippen LogP) is 2.90. The number of para-hydroxylation sites is 1. The van der Waals surface area contributed by atoms with E-state index in [9.17, 15) is 13.2 Å². The number of hydrogen-bond acceptors (Lipinski definition) is 6. The van der Waals surface area contributed by atoms with E-state index in [1.54, 1.807) is 35.2 Å². The summed E-state index contributed by atoms with van der Waals surface area (Å²) < 4.78 is 35.2. The van der Waals surface area contributed by atoms with Crippen molar-refractivity contribution in [3.05, 3.63) is 57.9 Å². The van der Waals surface area contributed by atoms with Crippen LogP contribution in [0.5, 0.6) is 0 Å². The molecule has 1 amide bonds. The number of nitrogens with zero attached hydrogens (tertiary/aromatic N) is 3. The molecule has 0 unspecified atom stereocenters. The van der Waals surface area contributed by atoms with Gasteiger partial charge >= 0.3 is 0 Å². The highest BCUT2D eigenvalue weighted by Crippen LogP contribution is 2.27. The molecule has 8 nitrogen and oxygen atoms in total. The molecule has 1 aromatic heterocycles. The lowest BCUT2D eigenvalue weighted by molar-refractivity contribution is 0.00365. The fraction of sp³-hybridized carbons (Fsp3) is 0.250. The van der Waals surface area contributed by atoms with Crippen LogP contribution in [0.2, 0.25) is 0 Å². The molecule has 2 heterocycles. The maximum absolute atomic E-state index is 13.2. The zero-order valence-electron chi connectivity index (χ0n) is 16.1. The zero-order chi connectivity index (χ0) is 21.3. The van der Waals surface area contributed by atoms with Crippen molar-refractivity contribution < 1.29 is 17.9 Å². The second kappa shape index (κ2) is 8.44. The van der Waals surface area contributed by atoms with Crippen LogP contribution in [0.25, 0.3) is 11.0 Å². The van der Waals surface area contributed by atoms with Gasteiger partial charge in [0.25, 0.3) is 15.9 Å². The Morgan fingerprint density at radius 3 is 2.83 bits per heavy atom. The van der Waals surface area contributed by atoms with Crippen LogP contribution < -0.4 is 4.72 Å². The van der Waals surface area contributed by atoms with Gasteiger partial charge in [-0.25, -0.2) is 8.42 Å². The Kier molecular flexibility index (Phi) is 5.89. The topological polar surface area (TPSA) is 101 Å². The number of nitrogens with one attached hydrogen (secondary N) is 1. The molecule has 1 N–H and O–H groups in total. The number of rotatable bonds is 4. The molecule has 30 heavy (non-hydrogen) atoms. The van der Waals surface area contributed by atoms with Gasteiger partial charge in [0.1, 0.15) is 10.4 Å². The standard InChI is InChI=1S/C20H19IN4O4S/c1-13-12-29-10-9-25(13)20(26)15-6-5-14(21)11-17(15)24-30(27,28)18-4-2-3-16-19(18)23-8-7-22-16/h2-8,11,13,24H,9-10,12H2,1H3/t13-/m0/s1. The first-order valence-electron chi connectivity index (χ1n) is 9.27. The van der Waals surface area contributed by atoms with Crippen LogP contribution in [0, 0.1) is 3.57 Å². The summed E-state index contributed by atoms with van der Waals surface area (Å²) in [7, 11) is -4.01. The highest BCUT2D eigenvalue weighted by Gasteiger charge is 2.28. The summed E-state index contributed by atoms with van der Waals surface area (Å²) in [5, 5.41) is 0. The van der Waals surface area contributed by atoms with Gasteiger partial charge in [-0.15, -0.1) is 0 Å². The number of carbonyl (C=O) groups excluding carboxylic acids is 1. The molecule has 0 radical (unpaired) electrons. The lowest BCUT2D eigenvalue weighted by atomic mass is 10.1. The Labute approximate surface area is 187 Å². The SMILES string of the molecule is C[C@H]1COCCN1C(=O)c1ccc(I)cc1NS(=O)(=O)c1cccc2nccnc12. The lowest BCUT2D eigenvalue weighted by Crippen LogP contribution is -2.47. The number of fused-ring (bicyclic) bond motifs is 1. The maximum atomic E-state index is 13.2. The van der Waals surface area contributed by atoms with E-state index < -0.39 is 10.0 Å². The number of halogens is 1. The van der Waals surface area contributed by atoms with E-state index in [2.05, 4.69) is 37.3 Å². The molecule has 1 fully saturated rings. The highest BCUT2D eigenvalue weighted by atomic mass is 127. The Morgan fingerprint density at radius 2 is 2.03 bits per heavy atom. The summed E-state index contributed by atoms with van der Waals surface area (Å²) in [6.07, 6.45) is 2.95. The second-order valence-electron chi connectivity index (χ2n) is 6.90. The van der Waals surface area contributed by atoms with Crippen molar-refractivity contribution in [3.63, 3.8) is 0 Å². The van der Waals surface area contributed by atoms with Gasteiger partial charge in [0.05, 0.1) is 36.0 Å². The van der Waals surface area contributed by atoms with Crippen molar-refractivity contribution in [1.29, 1.82) is 0 Å². The molecule has 1 saturated heterocycles. The van der Waals surface area contributed by atoms with Crippen molar-refractivity contribution >= 4 is 55.2 Å². The van der Waals surface area contributed by atoms with Gasteiger partial charge in [-0.3, -0.25) is 19.5 Å². The average Bonchev–Trinajstić information content (AvgIpc) is 2.73. The zero-order valence-corrected chi connectivity index (χ0v) is 19.1. The molecule has 3 aromatic rings. The summed E-state index contributed by atoms with van der Waals surface area (Å²) in [6, 6.07) is 9.76. The molecular weight excluding hydrogens is 519 g/mol. The number of hydrogen-bond donors (Lipinski definition) is 1. The predicted molar refractivity (Wildman–Crippen MR) is 121 cm³/mol. The third-order valence-corrected chi connectivity index (χ3v) is 6.90. The number of aromatic nitrogens is 2. The van der Waals surface area contributed by atoms with E-state index in [-0.39, 0.29) is 28.0 Å². The molecule has 1 aliphatic heterocycles. The van der Waals surface area contributed by atoms with Gasteiger partial charge in [0.2, 0.25) is 0 Å². The molecule has 2 aromatic carbocycles. The van der Waals surface area contributed by atoms with Crippen molar-refractivity contribution in [2.45, 2.75) is 17.9 Å². The molecule has 0 saturated carbocycles. The van der Waals surface area contributed by atoms with Gasteiger partial charge in [-0.05, 0) is 59.8 Å². The third-order valence-electron chi connectivity index (χ3n) is 4.84. The number of anilines is 1. The molecule has 1 atom stereocenters. The molecule has 1 aliphatic rings. The van der Waals surface area contributed by atoms with Gasteiger partial charge in [0, 0.05) is 22.5 Å². The van der Waals surface area contributed by atoms with Crippen molar-refractivity contribution in [1.82, 2.24) is 14.9 Å². The molecular formula is C20H19IN4O4S.